The summed E-state index contributed by atoms with van der Waals surface area (Å²) >= 11 is 0. The fourth-order valence-corrected chi connectivity index (χ4v) is 0.978. The molecular weight excluding hydrogens is 288 g/mol. The highest BCUT2D eigenvalue weighted by Gasteiger charge is 2.15. The molecule has 0 aliphatic carbocycles. The summed E-state index contributed by atoms with van der Waals surface area (Å²) in [6.07, 6.45) is 0. The van der Waals surface area contributed by atoms with Crippen LogP contribution in [0.1, 0.15) is 13.8 Å². The first-order valence-corrected chi connectivity index (χ1v) is 5.95. The van der Waals surface area contributed by atoms with Crippen LogP contribution in [-0.4, -0.2) is 48.1 Å². The number of carboxylic acids is 2. The van der Waals surface area contributed by atoms with E-state index < -0.39 is 32.7 Å². The minimum absolute atomic E-state index is 0.833. The van der Waals surface area contributed by atoms with E-state index in [2.05, 4.69) is 3.63 Å². The molecule has 0 unspecified atom stereocenters. The summed E-state index contributed by atoms with van der Waals surface area (Å²) in [5.41, 5.74) is 0. The van der Waals surface area contributed by atoms with Crippen molar-refractivity contribution in [1.29, 1.82) is 0 Å². The van der Waals surface area contributed by atoms with Crippen molar-refractivity contribution in [3.05, 3.63) is 0 Å². The SMILES string of the molecule is CC(=O)O.CC(=O)O.O=S(=O)(O)OS(=O)(=O)O. The van der Waals surface area contributed by atoms with Crippen LogP contribution >= 0.6 is 0 Å². The molecule has 0 aliphatic heterocycles. The fraction of sp³-hybridized carbons (Fsp3) is 0.500. The van der Waals surface area contributed by atoms with E-state index in [1.165, 1.54) is 0 Å². The van der Waals surface area contributed by atoms with Gasteiger partial charge in [0.1, 0.15) is 0 Å². The third-order valence-electron chi connectivity index (χ3n) is 0.172. The van der Waals surface area contributed by atoms with E-state index in [1.54, 1.807) is 0 Å². The van der Waals surface area contributed by atoms with Crippen molar-refractivity contribution in [2.45, 2.75) is 13.8 Å². The number of hydrogen-bond donors (Lipinski definition) is 4. The van der Waals surface area contributed by atoms with E-state index in [0.717, 1.165) is 13.8 Å². The summed E-state index contributed by atoms with van der Waals surface area (Å²) in [5, 5.41) is 14.8. The molecule has 0 saturated heterocycles. The van der Waals surface area contributed by atoms with Crippen LogP contribution < -0.4 is 0 Å². The number of hydrogen-bond acceptors (Lipinski definition) is 7. The zero-order chi connectivity index (χ0) is 14.9. The number of carboxylic acid groups (broad SMARTS) is 2. The molecule has 0 bridgehead atoms. The van der Waals surface area contributed by atoms with Gasteiger partial charge in [-0.1, -0.05) is 0 Å². The monoisotopic (exact) mass is 298 g/mol. The van der Waals surface area contributed by atoms with Gasteiger partial charge in [0.2, 0.25) is 0 Å². The fourth-order valence-electron chi connectivity index (χ4n) is 0.109. The minimum Gasteiger partial charge on any atom is -0.481 e. The van der Waals surface area contributed by atoms with Crippen molar-refractivity contribution in [3.8, 4) is 0 Å². The van der Waals surface area contributed by atoms with Crippen LogP contribution in [-0.2, 0) is 34.0 Å². The first kappa shape index (κ1) is 21.1. The lowest BCUT2D eigenvalue weighted by Crippen LogP contribution is -2.10. The zero-order valence-corrected chi connectivity index (χ0v) is 10.1. The summed E-state index contributed by atoms with van der Waals surface area (Å²) in [5.74, 6) is -1.67. The Morgan fingerprint density at radius 1 is 0.824 bits per heavy atom. The number of rotatable bonds is 2. The molecule has 17 heavy (non-hydrogen) atoms. The topological polar surface area (TPSA) is 193 Å². The molecule has 104 valence electrons. The average Bonchev–Trinajstić information content (AvgIpc) is 1.70. The molecule has 4 N–H and O–H groups in total. The highest BCUT2D eigenvalue weighted by atomic mass is 32.3. The lowest BCUT2D eigenvalue weighted by atomic mass is 10.9. The van der Waals surface area contributed by atoms with Gasteiger partial charge < -0.3 is 10.2 Å². The van der Waals surface area contributed by atoms with E-state index in [-0.39, 0.29) is 0 Å². The Kier molecular flexibility index (Phi) is 10.9. The van der Waals surface area contributed by atoms with E-state index in [1.807, 2.05) is 0 Å². The Morgan fingerprint density at radius 2 is 0.941 bits per heavy atom. The summed E-state index contributed by atoms with van der Waals surface area (Å²) in [6, 6.07) is 0. The standard InChI is InChI=1S/2C2H4O2.H2O7S2/c2*1-2(3)4;1-8(2,3)7-9(4,5)6/h2*1H3,(H,3,4);(H,1,2,3)(H,4,5,6). The van der Waals surface area contributed by atoms with Gasteiger partial charge in [0, 0.05) is 13.8 Å². The van der Waals surface area contributed by atoms with E-state index in [9.17, 15) is 16.8 Å². The van der Waals surface area contributed by atoms with Gasteiger partial charge in [-0.05, 0) is 0 Å². The highest BCUT2D eigenvalue weighted by Crippen LogP contribution is 1.91. The smallest absolute Gasteiger partial charge is 0.413 e. The largest absolute Gasteiger partial charge is 0.481 e. The molecule has 0 atom stereocenters. The second-order valence-corrected chi connectivity index (χ2v) is 4.22. The van der Waals surface area contributed by atoms with Crippen LogP contribution in [0.2, 0.25) is 0 Å². The van der Waals surface area contributed by atoms with Gasteiger partial charge in [-0.15, -0.1) is 3.63 Å². The van der Waals surface area contributed by atoms with E-state index in [4.69, 9.17) is 28.9 Å². The molecule has 11 nitrogen and oxygen atoms in total. The third-order valence-corrected chi connectivity index (χ3v) is 1.55. The molecule has 13 heteroatoms. The number of aliphatic carboxylic acids is 2. The maximum Gasteiger partial charge on any atom is 0.413 e. The minimum atomic E-state index is -5.12. The summed E-state index contributed by atoms with van der Waals surface area (Å²) in [6.45, 7) is 2.17. The van der Waals surface area contributed by atoms with Crippen molar-refractivity contribution in [2.75, 3.05) is 0 Å². The van der Waals surface area contributed by atoms with Crippen LogP contribution in [0.4, 0.5) is 0 Å². The first-order valence-electron chi connectivity index (χ1n) is 3.22. The molecule has 0 heterocycles. The Labute approximate surface area is 96.5 Å². The van der Waals surface area contributed by atoms with Crippen LogP contribution in [0.15, 0.2) is 0 Å². The van der Waals surface area contributed by atoms with Crippen LogP contribution in [0.25, 0.3) is 0 Å². The second-order valence-electron chi connectivity index (χ2n) is 1.96. The molecule has 0 spiro atoms. The third kappa shape index (κ3) is 107. The lowest BCUT2D eigenvalue weighted by Gasteiger charge is -1.89. The summed E-state index contributed by atoms with van der Waals surface area (Å²) in [4.78, 5) is 18.0. The number of carbonyl (C=O) groups is 2. The average molecular weight is 298 g/mol. The maximum absolute atomic E-state index is 9.44. The molecule has 0 aromatic carbocycles. The van der Waals surface area contributed by atoms with E-state index in [0.29, 0.717) is 0 Å². The predicted octanol–water partition coefficient (Wildman–Crippen LogP) is -1.21. The molecule has 0 saturated carbocycles. The van der Waals surface area contributed by atoms with Crippen LogP contribution in [0.3, 0.4) is 0 Å². The van der Waals surface area contributed by atoms with Gasteiger partial charge in [0.25, 0.3) is 11.9 Å². The Bertz CT molecular complexity index is 378. The zero-order valence-electron chi connectivity index (χ0n) is 8.46. The van der Waals surface area contributed by atoms with Gasteiger partial charge in [0.05, 0.1) is 0 Å². The Balaban J connectivity index is -0.000000205. The van der Waals surface area contributed by atoms with Crippen LogP contribution in [0, 0.1) is 0 Å². The van der Waals surface area contributed by atoms with Crippen molar-refractivity contribution >= 4 is 32.7 Å². The second kappa shape index (κ2) is 8.82. The lowest BCUT2D eigenvalue weighted by molar-refractivity contribution is -0.135. The molecule has 0 aliphatic rings. The van der Waals surface area contributed by atoms with Crippen molar-refractivity contribution in [1.82, 2.24) is 0 Å². The first-order chi connectivity index (χ1) is 7.17. The van der Waals surface area contributed by atoms with Gasteiger partial charge >= 0.3 is 20.8 Å². The van der Waals surface area contributed by atoms with Gasteiger partial charge in [-0.25, -0.2) is 0 Å². The molecule has 0 fully saturated rings. The maximum atomic E-state index is 9.44. The molecule has 0 aromatic heterocycles. The van der Waals surface area contributed by atoms with Gasteiger partial charge in [-0.2, -0.15) is 16.8 Å². The molecule has 0 aromatic rings. The molecular formula is C4H10O11S2. The van der Waals surface area contributed by atoms with Crippen molar-refractivity contribution < 1.29 is 49.4 Å². The van der Waals surface area contributed by atoms with Crippen molar-refractivity contribution in [3.63, 3.8) is 0 Å². The van der Waals surface area contributed by atoms with Crippen molar-refractivity contribution in [2.24, 2.45) is 0 Å². The van der Waals surface area contributed by atoms with Gasteiger partial charge in [-0.3, -0.25) is 18.7 Å². The molecule has 0 rings (SSSR count). The van der Waals surface area contributed by atoms with Crippen LogP contribution in [0.5, 0.6) is 0 Å². The Hall–Kier alpha value is -1.28. The highest BCUT2D eigenvalue weighted by molar-refractivity contribution is 7.94. The van der Waals surface area contributed by atoms with E-state index >= 15 is 0 Å². The molecule has 0 radical (unpaired) electrons. The Morgan fingerprint density at radius 3 is 0.941 bits per heavy atom. The quantitative estimate of drug-likeness (QED) is 0.447. The van der Waals surface area contributed by atoms with Gasteiger partial charge in [0.15, 0.2) is 0 Å². The molecule has 0 amide bonds. The summed E-state index contributed by atoms with van der Waals surface area (Å²) in [7, 11) is -10.2. The normalized spacial score (nSPS) is 10.1. The summed E-state index contributed by atoms with van der Waals surface area (Å²) < 4.78 is 55.6. The predicted molar refractivity (Wildman–Crippen MR) is 50.8 cm³/mol.